The van der Waals surface area contributed by atoms with Crippen molar-refractivity contribution in [1.82, 2.24) is 0 Å². The highest BCUT2D eigenvalue weighted by atomic mass is 16.6. The number of hydrogen-bond donors (Lipinski definition) is 1. The number of nitrogens with zero attached hydrogens (tertiary/aromatic N) is 2. The molecule has 2 rings (SSSR count). The Labute approximate surface area is 106 Å². The predicted octanol–water partition coefficient (Wildman–Crippen LogP) is 2.11. The van der Waals surface area contributed by atoms with Gasteiger partial charge in [-0.1, -0.05) is 0 Å². The van der Waals surface area contributed by atoms with Gasteiger partial charge in [-0.2, -0.15) is 0 Å². The van der Waals surface area contributed by atoms with Crippen molar-refractivity contribution in [1.29, 1.82) is 0 Å². The molecule has 0 saturated carbocycles. The molecule has 0 amide bonds. The second-order valence-corrected chi connectivity index (χ2v) is 4.90. The summed E-state index contributed by atoms with van der Waals surface area (Å²) in [6.45, 7) is 3.87. The lowest BCUT2D eigenvalue weighted by Crippen LogP contribution is -2.20. The maximum absolute atomic E-state index is 10.8. The van der Waals surface area contributed by atoms with E-state index in [4.69, 9.17) is 5.11 Å². The molecule has 0 bridgehead atoms. The molecule has 1 aromatic rings. The van der Waals surface area contributed by atoms with Crippen molar-refractivity contribution in [2.75, 3.05) is 24.6 Å². The van der Waals surface area contributed by atoms with Crippen LogP contribution < -0.4 is 4.90 Å². The minimum atomic E-state index is -0.349. The number of benzene rings is 1. The number of hydrogen-bond acceptors (Lipinski definition) is 4. The van der Waals surface area contributed by atoms with Crippen LogP contribution in [0.1, 0.15) is 18.4 Å². The van der Waals surface area contributed by atoms with Gasteiger partial charge in [0.05, 0.1) is 4.92 Å². The van der Waals surface area contributed by atoms with Gasteiger partial charge in [0.15, 0.2) is 0 Å². The van der Waals surface area contributed by atoms with E-state index in [9.17, 15) is 10.1 Å². The number of anilines is 1. The average molecular weight is 250 g/mol. The number of aryl methyl sites for hydroxylation is 1. The Hall–Kier alpha value is -1.62. The first kappa shape index (κ1) is 12.8. The molecule has 1 aliphatic rings. The van der Waals surface area contributed by atoms with Crippen LogP contribution >= 0.6 is 0 Å². The molecule has 1 aromatic carbocycles. The Morgan fingerprint density at radius 1 is 1.50 bits per heavy atom. The second-order valence-electron chi connectivity index (χ2n) is 4.90. The minimum absolute atomic E-state index is 0.149. The van der Waals surface area contributed by atoms with Crippen LogP contribution in [0.25, 0.3) is 0 Å². The largest absolute Gasteiger partial charge is 0.396 e. The van der Waals surface area contributed by atoms with Crippen LogP contribution in [0.4, 0.5) is 11.4 Å². The molecule has 1 fully saturated rings. The van der Waals surface area contributed by atoms with Crippen LogP contribution in [-0.4, -0.2) is 29.7 Å². The quantitative estimate of drug-likeness (QED) is 0.656. The minimum Gasteiger partial charge on any atom is -0.396 e. The fourth-order valence-electron chi connectivity index (χ4n) is 2.52. The molecular weight excluding hydrogens is 232 g/mol. The van der Waals surface area contributed by atoms with Gasteiger partial charge >= 0.3 is 0 Å². The summed E-state index contributed by atoms with van der Waals surface area (Å²) in [4.78, 5) is 12.7. The van der Waals surface area contributed by atoms with Gasteiger partial charge < -0.3 is 10.0 Å². The van der Waals surface area contributed by atoms with Crippen LogP contribution in [0.2, 0.25) is 0 Å². The van der Waals surface area contributed by atoms with Gasteiger partial charge in [0, 0.05) is 37.5 Å². The van der Waals surface area contributed by atoms with E-state index in [0.717, 1.165) is 37.2 Å². The molecule has 0 aromatic heterocycles. The van der Waals surface area contributed by atoms with Gasteiger partial charge in [-0.3, -0.25) is 10.1 Å². The van der Waals surface area contributed by atoms with Crippen LogP contribution in [0, 0.1) is 23.0 Å². The Morgan fingerprint density at radius 3 is 2.94 bits per heavy atom. The average Bonchev–Trinajstić information content (AvgIpc) is 2.77. The van der Waals surface area contributed by atoms with Crippen molar-refractivity contribution in [2.45, 2.75) is 19.8 Å². The fourth-order valence-corrected chi connectivity index (χ4v) is 2.52. The van der Waals surface area contributed by atoms with Crippen molar-refractivity contribution < 1.29 is 10.0 Å². The van der Waals surface area contributed by atoms with Gasteiger partial charge in [0.2, 0.25) is 0 Å². The van der Waals surface area contributed by atoms with E-state index in [1.807, 2.05) is 13.0 Å². The van der Waals surface area contributed by atoms with Gasteiger partial charge in [0.1, 0.15) is 0 Å². The maximum Gasteiger partial charge on any atom is 0.271 e. The first-order valence-corrected chi connectivity index (χ1v) is 6.22. The lowest BCUT2D eigenvalue weighted by atomic mass is 10.1. The molecular formula is C13H18N2O3. The molecule has 0 aliphatic carbocycles. The zero-order valence-corrected chi connectivity index (χ0v) is 10.5. The van der Waals surface area contributed by atoms with Gasteiger partial charge in [0.25, 0.3) is 5.69 Å². The van der Waals surface area contributed by atoms with Gasteiger partial charge in [-0.15, -0.1) is 0 Å². The lowest BCUT2D eigenvalue weighted by Gasteiger charge is -2.19. The smallest absolute Gasteiger partial charge is 0.271 e. The first-order valence-electron chi connectivity index (χ1n) is 6.22. The fraction of sp³-hybridized carbons (Fsp3) is 0.538. The van der Waals surface area contributed by atoms with Gasteiger partial charge in [-0.25, -0.2) is 0 Å². The Balaban J connectivity index is 2.16. The molecule has 1 saturated heterocycles. The second kappa shape index (κ2) is 5.35. The Kier molecular flexibility index (Phi) is 3.81. The molecule has 5 nitrogen and oxygen atoms in total. The number of nitro groups is 1. The molecule has 1 atom stereocenters. The number of nitro benzene ring substituents is 1. The van der Waals surface area contributed by atoms with E-state index in [1.165, 1.54) is 0 Å². The summed E-state index contributed by atoms with van der Waals surface area (Å²) in [5.41, 5.74) is 1.97. The van der Waals surface area contributed by atoms with E-state index in [2.05, 4.69) is 4.90 Å². The lowest BCUT2D eigenvalue weighted by molar-refractivity contribution is -0.384. The third-order valence-corrected chi connectivity index (χ3v) is 3.45. The number of non-ortho nitro benzene ring substituents is 1. The summed E-state index contributed by atoms with van der Waals surface area (Å²) in [7, 11) is 0. The van der Waals surface area contributed by atoms with Crippen LogP contribution in [0.15, 0.2) is 18.2 Å². The van der Waals surface area contributed by atoms with Crippen molar-refractivity contribution in [3.63, 3.8) is 0 Å². The number of aliphatic hydroxyl groups is 1. The standard InChI is InChI=1S/C13H18N2O3/c1-10-6-12(8-13(7-10)15(17)18)14-4-2-11(9-14)3-5-16/h6-8,11,16H,2-5,9H2,1H3. The normalized spacial score (nSPS) is 19.2. The Morgan fingerprint density at radius 2 is 2.28 bits per heavy atom. The summed E-state index contributed by atoms with van der Waals surface area (Å²) in [6.07, 6.45) is 1.85. The first-order chi connectivity index (χ1) is 8.60. The zero-order valence-electron chi connectivity index (χ0n) is 10.5. The van der Waals surface area contributed by atoms with Crippen molar-refractivity contribution in [2.24, 2.45) is 5.92 Å². The van der Waals surface area contributed by atoms with E-state index >= 15 is 0 Å². The summed E-state index contributed by atoms with van der Waals surface area (Å²) < 4.78 is 0. The van der Waals surface area contributed by atoms with Crippen molar-refractivity contribution in [3.05, 3.63) is 33.9 Å². The molecule has 5 heteroatoms. The molecule has 1 unspecified atom stereocenters. The molecule has 1 aliphatic heterocycles. The monoisotopic (exact) mass is 250 g/mol. The number of aliphatic hydroxyl groups excluding tert-OH is 1. The summed E-state index contributed by atoms with van der Waals surface area (Å²) >= 11 is 0. The molecule has 98 valence electrons. The van der Waals surface area contributed by atoms with Crippen LogP contribution in [0.5, 0.6) is 0 Å². The van der Waals surface area contributed by atoms with E-state index in [0.29, 0.717) is 5.92 Å². The van der Waals surface area contributed by atoms with E-state index in [1.54, 1.807) is 12.1 Å². The predicted molar refractivity (Wildman–Crippen MR) is 69.9 cm³/mol. The summed E-state index contributed by atoms with van der Waals surface area (Å²) in [5.74, 6) is 0.495. The maximum atomic E-state index is 10.8. The van der Waals surface area contributed by atoms with Crippen LogP contribution in [-0.2, 0) is 0 Å². The molecule has 18 heavy (non-hydrogen) atoms. The third-order valence-electron chi connectivity index (χ3n) is 3.45. The number of rotatable bonds is 4. The summed E-state index contributed by atoms with van der Waals surface area (Å²) in [6, 6.07) is 5.20. The Bertz CT molecular complexity index is 448. The molecule has 1 N–H and O–H groups in total. The van der Waals surface area contributed by atoms with Crippen molar-refractivity contribution >= 4 is 11.4 Å². The highest BCUT2D eigenvalue weighted by Gasteiger charge is 2.23. The SMILES string of the molecule is Cc1cc(N2CCC(CCO)C2)cc([N+](=O)[O-])c1. The topological polar surface area (TPSA) is 66.6 Å². The van der Waals surface area contributed by atoms with Gasteiger partial charge in [-0.05, 0) is 37.3 Å². The molecule has 0 radical (unpaired) electrons. The van der Waals surface area contributed by atoms with Crippen LogP contribution in [0.3, 0.4) is 0 Å². The van der Waals surface area contributed by atoms with E-state index in [-0.39, 0.29) is 17.2 Å². The molecule has 0 spiro atoms. The third kappa shape index (κ3) is 2.79. The van der Waals surface area contributed by atoms with Crippen molar-refractivity contribution in [3.8, 4) is 0 Å². The highest BCUT2D eigenvalue weighted by Crippen LogP contribution is 2.29. The van der Waals surface area contributed by atoms with E-state index < -0.39 is 0 Å². The molecule has 1 heterocycles. The summed E-state index contributed by atoms with van der Waals surface area (Å²) in [5, 5.41) is 19.8. The highest BCUT2D eigenvalue weighted by molar-refractivity contribution is 5.56. The zero-order chi connectivity index (χ0) is 13.1.